The van der Waals surface area contributed by atoms with Gasteiger partial charge in [-0.25, -0.2) is 12.8 Å². The van der Waals surface area contributed by atoms with E-state index in [0.29, 0.717) is 26.2 Å². The molecule has 9 heteroatoms. The van der Waals surface area contributed by atoms with Crippen LogP contribution >= 0.6 is 0 Å². The SMILES string of the molecule is CS(=O)(=O)Nc1ccc(F)cc1C(=O)N1CCN(Cc2cccnc2)CC1. The molecule has 0 spiro atoms. The fourth-order valence-electron chi connectivity index (χ4n) is 3.01. The van der Waals surface area contributed by atoms with Gasteiger partial charge in [-0.2, -0.15) is 0 Å². The number of nitrogens with one attached hydrogen (secondary N) is 1. The standard InChI is InChI=1S/C18H21FN4O3S/c1-27(25,26)21-17-5-4-15(19)11-16(17)18(24)23-9-7-22(8-10-23)13-14-3-2-6-20-12-14/h2-6,11-12,21H,7-10,13H2,1H3. The number of aromatic nitrogens is 1. The van der Waals surface area contributed by atoms with Crippen LogP contribution in [0, 0.1) is 5.82 Å². The van der Waals surface area contributed by atoms with Crippen molar-refractivity contribution < 1.29 is 17.6 Å². The lowest BCUT2D eigenvalue weighted by Crippen LogP contribution is -2.48. The fourth-order valence-corrected chi connectivity index (χ4v) is 3.59. The molecule has 1 amide bonds. The molecule has 0 bridgehead atoms. The minimum atomic E-state index is -3.58. The quantitative estimate of drug-likeness (QED) is 0.835. The van der Waals surface area contributed by atoms with Crippen molar-refractivity contribution in [2.45, 2.75) is 6.54 Å². The lowest BCUT2D eigenvalue weighted by Gasteiger charge is -2.35. The molecule has 1 aliphatic heterocycles. The zero-order valence-corrected chi connectivity index (χ0v) is 15.7. The predicted molar refractivity (Wildman–Crippen MR) is 100 cm³/mol. The first kappa shape index (κ1) is 19.2. The lowest BCUT2D eigenvalue weighted by atomic mass is 10.1. The van der Waals surface area contributed by atoms with Crippen LogP contribution in [0.1, 0.15) is 15.9 Å². The first-order chi connectivity index (χ1) is 12.8. The van der Waals surface area contributed by atoms with Crippen molar-refractivity contribution in [2.75, 3.05) is 37.2 Å². The molecule has 7 nitrogen and oxygen atoms in total. The van der Waals surface area contributed by atoms with Crippen LogP contribution in [0.15, 0.2) is 42.7 Å². The van der Waals surface area contributed by atoms with Gasteiger partial charge in [-0.1, -0.05) is 6.07 Å². The Balaban J connectivity index is 1.68. The molecule has 27 heavy (non-hydrogen) atoms. The van der Waals surface area contributed by atoms with Crippen LogP contribution in [-0.2, 0) is 16.6 Å². The summed E-state index contributed by atoms with van der Waals surface area (Å²) < 4.78 is 39.0. The Morgan fingerprint density at radius 2 is 1.96 bits per heavy atom. The number of anilines is 1. The maximum absolute atomic E-state index is 13.6. The molecule has 1 saturated heterocycles. The summed E-state index contributed by atoms with van der Waals surface area (Å²) in [7, 11) is -3.58. The number of nitrogens with zero attached hydrogens (tertiary/aromatic N) is 3. The molecular weight excluding hydrogens is 371 g/mol. The third-order valence-electron chi connectivity index (χ3n) is 4.30. The topological polar surface area (TPSA) is 82.6 Å². The molecule has 2 heterocycles. The highest BCUT2D eigenvalue weighted by Crippen LogP contribution is 2.21. The van der Waals surface area contributed by atoms with Crippen molar-refractivity contribution in [1.29, 1.82) is 0 Å². The number of piperazine rings is 1. The van der Waals surface area contributed by atoms with E-state index in [0.717, 1.165) is 30.5 Å². The van der Waals surface area contributed by atoms with Gasteiger partial charge >= 0.3 is 0 Å². The molecule has 1 fully saturated rings. The summed E-state index contributed by atoms with van der Waals surface area (Å²) in [5.74, 6) is -0.978. The van der Waals surface area contributed by atoms with Gasteiger partial charge in [0.15, 0.2) is 0 Å². The van der Waals surface area contributed by atoms with E-state index in [4.69, 9.17) is 0 Å². The van der Waals surface area contributed by atoms with E-state index < -0.39 is 15.8 Å². The molecule has 3 rings (SSSR count). The second-order valence-corrected chi connectivity index (χ2v) is 8.24. The van der Waals surface area contributed by atoms with Gasteiger partial charge in [0.05, 0.1) is 17.5 Å². The van der Waals surface area contributed by atoms with Gasteiger partial charge < -0.3 is 4.90 Å². The van der Waals surface area contributed by atoms with E-state index in [9.17, 15) is 17.6 Å². The Hall–Kier alpha value is -2.52. The van der Waals surface area contributed by atoms with Crippen molar-refractivity contribution >= 4 is 21.6 Å². The summed E-state index contributed by atoms with van der Waals surface area (Å²) in [6, 6.07) is 7.34. The molecule has 1 N–H and O–H groups in total. The third kappa shape index (κ3) is 5.24. The van der Waals surface area contributed by atoms with Crippen LogP contribution in [0.5, 0.6) is 0 Å². The van der Waals surface area contributed by atoms with Crippen LogP contribution < -0.4 is 4.72 Å². The number of halogens is 1. The van der Waals surface area contributed by atoms with E-state index in [1.54, 1.807) is 11.1 Å². The van der Waals surface area contributed by atoms with Crippen molar-refractivity contribution in [3.05, 3.63) is 59.7 Å². The van der Waals surface area contributed by atoms with Gasteiger partial charge in [0.25, 0.3) is 5.91 Å². The van der Waals surface area contributed by atoms with Crippen LogP contribution in [0.4, 0.5) is 10.1 Å². The normalized spacial score (nSPS) is 15.6. The van der Waals surface area contributed by atoms with Crippen molar-refractivity contribution in [3.63, 3.8) is 0 Å². The first-order valence-corrected chi connectivity index (χ1v) is 10.4. The molecule has 1 aromatic heterocycles. The smallest absolute Gasteiger partial charge is 0.256 e. The number of amides is 1. The third-order valence-corrected chi connectivity index (χ3v) is 4.89. The number of hydrogen-bond donors (Lipinski definition) is 1. The summed E-state index contributed by atoms with van der Waals surface area (Å²) in [4.78, 5) is 20.7. The summed E-state index contributed by atoms with van der Waals surface area (Å²) in [6.07, 6.45) is 4.52. The molecule has 0 atom stereocenters. The highest BCUT2D eigenvalue weighted by Gasteiger charge is 2.25. The Morgan fingerprint density at radius 1 is 1.22 bits per heavy atom. The fraction of sp³-hybridized carbons (Fsp3) is 0.333. The zero-order chi connectivity index (χ0) is 19.4. The number of benzene rings is 1. The van der Waals surface area contributed by atoms with E-state index >= 15 is 0 Å². The maximum atomic E-state index is 13.6. The first-order valence-electron chi connectivity index (χ1n) is 8.50. The Kier molecular flexibility index (Phi) is 5.71. The van der Waals surface area contributed by atoms with E-state index in [2.05, 4.69) is 14.6 Å². The Labute approximate surface area is 157 Å². The summed E-state index contributed by atoms with van der Waals surface area (Å²) in [5.41, 5.74) is 1.20. The average Bonchev–Trinajstić information content (AvgIpc) is 2.63. The summed E-state index contributed by atoms with van der Waals surface area (Å²) >= 11 is 0. The number of pyridine rings is 1. The highest BCUT2D eigenvalue weighted by atomic mass is 32.2. The monoisotopic (exact) mass is 392 g/mol. The lowest BCUT2D eigenvalue weighted by molar-refractivity contribution is 0.0629. The van der Waals surface area contributed by atoms with Gasteiger partial charge in [0.2, 0.25) is 10.0 Å². The van der Waals surface area contributed by atoms with Gasteiger partial charge in [-0.3, -0.25) is 19.4 Å². The maximum Gasteiger partial charge on any atom is 0.256 e. The molecule has 0 saturated carbocycles. The molecule has 0 unspecified atom stereocenters. The number of carbonyl (C=O) groups is 1. The molecule has 1 aliphatic rings. The van der Waals surface area contributed by atoms with Crippen molar-refractivity contribution in [2.24, 2.45) is 0 Å². The minimum absolute atomic E-state index is 0.0149. The number of sulfonamides is 1. The van der Waals surface area contributed by atoms with E-state index in [-0.39, 0.29) is 17.2 Å². The summed E-state index contributed by atoms with van der Waals surface area (Å²) in [6.45, 7) is 3.05. The van der Waals surface area contributed by atoms with E-state index in [1.165, 1.54) is 6.07 Å². The number of carbonyl (C=O) groups excluding carboxylic acids is 1. The van der Waals surface area contributed by atoms with Gasteiger partial charge in [-0.15, -0.1) is 0 Å². The van der Waals surface area contributed by atoms with Crippen molar-refractivity contribution in [3.8, 4) is 0 Å². The van der Waals surface area contributed by atoms with Crippen LogP contribution in [0.2, 0.25) is 0 Å². The minimum Gasteiger partial charge on any atom is -0.336 e. The van der Waals surface area contributed by atoms with Crippen LogP contribution in [-0.4, -0.2) is 61.5 Å². The highest BCUT2D eigenvalue weighted by molar-refractivity contribution is 7.92. The Morgan fingerprint density at radius 3 is 2.59 bits per heavy atom. The molecule has 0 aliphatic carbocycles. The zero-order valence-electron chi connectivity index (χ0n) is 14.9. The number of hydrogen-bond acceptors (Lipinski definition) is 5. The van der Waals surface area contributed by atoms with Crippen LogP contribution in [0.3, 0.4) is 0 Å². The van der Waals surface area contributed by atoms with Gasteiger partial charge in [0, 0.05) is 45.1 Å². The molecule has 2 aromatic rings. The second-order valence-electron chi connectivity index (χ2n) is 6.49. The summed E-state index contributed by atoms with van der Waals surface area (Å²) in [5, 5.41) is 0. The molecule has 0 radical (unpaired) electrons. The Bertz CT molecular complexity index is 913. The van der Waals surface area contributed by atoms with Crippen molar-refractivity contribution in [1.82, 2.24) is 14.8 Å². The van der Waals surface area contributed by atoms with E-state index in [1.807, 2.05) is 18.3 Å². The van der Waals surface area contributed by atoms with Gasteiger partial charge in [0.1, 0.15) is 5.82 Å². The van der Waals surface area contributed by atoms with Crippen LogP contribution in [0.25, 0.3) is 0 Å². The number of rotatable bonds is 5. The second kappa shape index (κ2) is 8.01. The molecule has 1 aromatic carbocycles. The molecular formula is C18H21FN4O3S. The largest absolute Gasteiger partial charge is 0.336 e. The van der Waals surface area contributed by atoms with Gasteiger partial charge in [-0.05, 0) is 29.8 Å². The predicted octanol–water partition coefficient (Wildman–Crippen LogP) is 1.55. The molecule has 144 valence electrons. The average molecular weight is 392 g/mol.